The Labute approximate surface area is 177 Å². The fourth-order valence-electron chi connectivity index (χ4n) is 4.93. The number of fused-ring (bicyclic) bond motifs is 1. The average Bonchev–Trinajstić information content (AvgIpc) is 3.29. The van der Waals surface area contributed by atoms with Crippen LogP contribution in [0.1, 0.15) is 71.0 Å². The second kappa shape index (κ2) is 8.05. The number of hydrogen-bond donors (Lipinski definition) is 0. The zero-order valence-electron chi connectivity index (χ0n) is 17.6. The normalized spacial score (nSPS) is 18.8. The van der Waals surface area contributed by atoms with Gasteiger partial charge in [0, 0.05) is 30.2 Å². The molecule has 1 atom stereocenters. The molecule has 0 radical (unpaired) electrons. The summed E-state index contributed by atoms with van der Waals surface area (Å²) in [6, 6.07) is 12.6. The number of likely N-dealkylation sites (tertiary alicyclic amines) is 1. The second-order valence-electron chi connectivity index (χ2n) is 8.52. The molecule has 2 aliphatic rings. The van der Waals surface area contributed by atoms with E-state index in [2.05, 4.69) is 41.1 Å². The molecule has 5 nitrogen and oxygen atoms in total. The lowest BCUT2D eigenvalue weighted by Gasteiger charge is -2.30. The maximum atomic E-state index is 13.8. The molecule has 1 aliphatic heterocycles. The lowest BCUT2D eigenvalue weighted by Crippen LogP contribution is -2.35. The molecular formula is C25H28N4O. The van der Waals surface area contributed by atoms with Crippen LogP contribution in [0.4, 0.5) is 0 Å². The van der Waals surface area contributed by atoms with Gasteiger partial charge in [0.25, 0.3) is 5.91 Å². The van der Waals surface area contributed by atoms with Gasteiger partial charge in [-0.15, -0.1) is 0 Å². The molecule has 5 heteroatoms. The third-order valence-corrected chi connectivity index (χ3v) is 6.52. The van der Waals surface area contributed by atoms with Gasteiger partial charge in [-0.3, -0.25) is 9.78 Å². The molecular weight excluding hydrogens is 372 g/mol. The number of amides is 1. The number of aryl methyl sites for hydroxylation is 1. The fraction of sp³-hybridized carbons (Fsp3) is 0.400. The summed E-state index contributed by atoms with van der Waals surface area (Å²) in [5.74, 6) is 0.0859. The van der Waals surface area contributed by atoms with Gasteiger partial charge >= 0.3 is 0 Å². The van der Waals surface area contributed by atoms with Crippen molar-refractivity contribution >= 4 is 5.91 Å². The monoisotopic (exact) mass is 400 g/mol. The third-order valence-electron chi connectivity index (χ3n) is 6.52. The molecule has 5 rings (SSSR count). The van der Waals surface area contributed by atoms with Crippen LogP contribution in [-0.2, 0) is 12.8 Å². The molecule has 1 amide bonds. The molecule has 0 spiro atoms. The number of carbonyl (C=O) groups excluding carboxylic acids is 1. The Kier molecular flexibility index (Phi) is 5.11. The second-order valence-corrected chi connectivity index (χ2v) is 8.52. The highest BCUT2D eigenvalue weighted by Gasteiger charge is 2.33. The van der Waals surface area contributed by atoms with Crippen LogP contribution in [0.5, 0.6) is 0 Å². The molecule has 0 saturated carbocycles. The minimum Gasteiger partial charge on any atom is -0.330 e. The first-order valence-electron chi connectivity index (χ1n) is 11.1. The number of aromatic nitrogens is 3. The molecule has 2 aromatic heterocycles. The molecule has 1 fully saturated rings. The molecule has 3 heterocycles. The van der Waals surface area contributed by atoms with Gasteiger partial charge < -0.3 is 4.90 Å². The zero-order valence-corrected chi connectivity index (χ0v) is 17.6. The minimum absolute atomic E-state index is 0.0859. The molecule has 1 aliphatic carbocycles. The van der Waals surface area contributed by atoms with Crippen LogP contribution in [0.2, 0.25) is 0 Å². The molecule has 1 saturated heterocycles. The first-order chi connectivity index (χ1) is 14.7. The van der Waals surface area contributed by atoms with E-state index in [4.69, 9.17) is 5.10 Å². The van der Waals surface area contributed by atoms with Crippen LogP contribution in [0.15, 0.2) is 48.8 Å². The lowest BCUT2D eigenvalue weighted by atomic mass is 10.0. The Morgan fingerprint density at radius 1 is 0.967 bits per heavy atom. The standard InChI is InChI=1S/C25H28N4O/c1-18-9-11-20(12-10-18)29-23-8-5-6-21(23)24(27-29)25(30)28-17-4-2-3-7-22(28)19-13-15-26-16-14-19/h9-16,22H,2-8,17H2,1H3. The molecule has 0 N–H and O–H groups in total. The SMILES string of the molecule is Cc1ccc(-n2nc(C(=O)N3CCCCCC3c3ccncc3)c3c2CCC3)cc1. The molecule has 154 valence electrons. The summed E-state index contributed by atoms with van der Waals surface area (Å²) in [4.78, 5) is 20.1. The number of pyridine rings is 1. The highest BCUT2D eigenvalue weighted by molar-refractivity contribution is 5.94. The van der Waals surface area contributed by atoms with Gasteiger partial charge in [-0.05, 0) is 68.9 Å². The van der Waals surface area contributed by atoms with Crippen molar-refractivity contribution in [3.05, 3.63) is 76.9 Å². The molecule has 1 unspecified atom stereocenters. The highest BCUT2D eigenvalue weighted by Crippen LogP contribution is 2.34. The smallest absolute Gasteiger partial charge is 0.275 e. The number of benzene rings is 1. The van der Waals surface area contributed by atoms with Gasteiger partial charge in [0.1, 0.15) is 0 Å². The van der Waals surface area contributed by atoms with Crippen molar-refractivity contribution in [3.63, 3.8) is 0 Å². The van der Waals surface area contributed by atoms with E-state index in [1.54, 1.807) is 0 Å². The Morgan fingerprint density at radius 2 is 1.77 bits per heavy atom. The zero-order chi connectivity index (χ0) is 20.5. The van der Waals surface area contributed by atoms with E-state index in [1.807, 2.05) is 29.2 Å². The summed E-state index contributed by atoms with van der Waals surface area (Å²) in [7, 11) is 0. The van der Waals surface area contributed by atoms with Gasteiger partial charge in [0.15, 0.2) is 5.69 Å². The first kappa shape index (κ1) is 19.0. The Morgan fingerprint density at radius 3 is 2.57 bits per heavy atom. The number of hydrogen-bond acceptors (Lipinski definition) is 3. The van der Waals surface area contributed by atoms with Gasteiger partial charge in [-0.2, -0.15) is 5.10 Å². The van der Waals surface area contributed by atoms with Crippen LogP contribution >= 0.6 is 0 Å². The minimum atomic E-state index is 0.0859. The quantitative estimate of drug-likeness (QED) is 0.633. The topological polar surface area (TPSA) is 51.0 Å². The molecule has 1 aromatic carbocycles. The summed E-state index contributed by atoms with van der Waals surface area (Å²) in [5, 5.41) is 4.88. The van der Waals surface area contributed by atoms with Crippen molar-refractivity contribution in [3.8, 4) is 5.69 Å². The van der Waals surface area contributed by atoms with Crippen molar-refractivity contribution < 1.29 is 4.79 Å². The summed E-state index contributed by atoms with van der Waals surface area (Å²) in [6.07, 6.45) is 11.0. The van der Waals surface area contributed by atoms with Crippen LogP contribution in [0.3, 0.4) is 0 Å². The number of nitrogens with zero attached hydrogens (tertiary/aromatic N) is 4. The summed E-state index contributed by atoms with van der Waals surface area (Å²) >= 11 is 0. The average molecular weight is 401 g/mol. The summed E-state index contributed by atoms with van der Waals surface area (Å²) in [6.45, 7) is 2.88. The maximum Gasteiger partial charge on any atom is 0.275 e. The Bertz CT molecular complexity index is 1040. The molecule has 3 aromatic rings. The van der Waals surface area contributed by atoms with E-state index in [1.165, 1.54) is 23.2 Å². The largest absolute Gasteiger partial charge is 0.330 e. The van der Waals surface area contributed by atoms with E-state index in [0.29, 0.717) is 5.69 Å². The van der Waals surface area contributed by atoms with E-state index in [-0.39, 0.29) is 11.9 Å². The van der Waals surface area contributed by atoms with Crippen molar-refractivity contribution in [2.75, 3.05) is 6.54 Å². The summed E-state index contributed by atoms with van der Waals surface area (Å²) < 4.78 is 2.01. The van der Waals surface area contributed by atoms with Gasteiger partial charge in [0.05, 0.1) is 11.7 Å². The lowest BCUT2D eigenvalue weighted by molar-refractivity contribution is 0.0673. The Balaban J connectivity index is 1.53. The van der Waals surface area contributed by atoms with Crippen LogP contribution < -0.4 is 0 Å². The molecule has 0 bridgehead atoms. The predicted molar refractivity (Wildman–Crippen MR) is 117 cm³/mol. The fourth-order valence-corrected chi connectivity index (χ4v) is 4.93. The Hall–Kier alpha value is -2.95. The van der Waals surface area contributed by atoms with Gasteiger partial charge in [0.2, 0.25) is 0 Å². The van der Waals surface area contributed by atoms with Gasteiger partial charge in [-0.1, -0.05) is 30.5 Å². The van der Waals surface area contributed by atoms with E-state index in [9.17, 15) is 4.79 Å². The molecule has 30 heavy (non-hydrogen) atoms. The highest BCUT2D eigenvalue weighted by atomic mass is 16.2. The van der Waals surface area contributed by atoms with E-state index >= 15 is 0 Å². The van der Waals surface area contributed by atoms with Crippen LogP contribution in [-0.4, -0.2) is 32.1 Å². The van der Waals surface area contributed by atoms with Crippen LogP contribution in [0.25, 0.3) is 5.69 Å². The third kappa shape index (κ3) is 3.42. The van der Waals surface area contributed by atoms with Gasteiger partial charge in [-0.25, -0.2) is 4.68 Å². The van der Waals surface area contributed by atoms with Crippen molar-refractivity contribution in [2.45, 2.75) is 57.9 Å². The summed E-state index contributed by atoms with van der Waals surface area (Å²) in [5.41, 5.74) is 6.46. The van der Waals surface area contributed by atoms with Crippen molar-refractivity contribution in [2.24, 2.45) is 0 Å². The van der Waals surface area contributed by atoms with Crippen molar-refractivity contribution in [1.82, 2.24) is 19.7 Å². The predicted octanol–water partition coefficient (Wildman–Crippen LogP) is 4.82. The maximum absolute atomic E-state index is 13.8. The van der Waals surface area contributed by atoms with Crippen molar-refractivity contribution in [1.29, 1.82) is 0 Å². The first-order valence-corrected chi connectivity index (χ1v) is 11.1. The number of rotatable bonds is 3. The number of carbonyl (C=O) groups is 1. The van der Waals surface area contributed by atoms with E-state index < -0.39 is 0 Å². The van der Waals surface area contributed by atoms with E-state index in [0.717, 1.165) is 56.3 Å². The van der Waals surface area contributed by atoms with Crippen LogP contribution in [0, 0.1) is 6.92 Å².